The molecule has 0 radical (unpaired) electrons. The van der Waals surface area contributed by atoms with Gasteiger partial charge in [0.15, 0.2) is 0 Å². The Bertz CT molecular complexity index is 350. The molecule has 3 N–H and O–H groups in total. The Labute approximate surface area is 103 Å². The number of hydrogen-bond donors (Lipinski definition) is 2. The van der Waals surface area contributed by atoms with Crippen LogP contribution in [0.5, 0.6) is 0 Å². The van der Waals surface area contributed by atoms with E-state index in [9.17, 15) is 0 Å². The first-order valence-corrected chi connectivity index (χ1v) is 5.79. The van der Waals surface area contributed by atoms with Crippen molar-refractivity contribution in [3.8, 4) is 0 Å². The highest BCUT2D eigenvalue weighted by atomic mass is 32.1. The van der Waals surface area contributed by atoms with E-state index in [0.717, 1.165) is 30.8 Å². The fourth-order valence-corrected chi connectivity index (χ4v) is 1.65. The van der Waals surface area contributed by atoms with E-state index >= 15 is 0 Å². The third kappa shape index (κ3) is 4.16. The number of para-hydroxylation sites is 1. The summed E-state index contributed by atoms with van der Waals surface area (Å²) in [5, 5.41) is 3.36. The molecule has 1 aromatic carbocycles. The van der Waals surface area contributed by atoms with E-state index in [-0.39, 0.29) is 0 Å². The van der Waals surface area contributed by atoms with Crippen LogP contribution in [0.25, 0.3) is 0 Å². The van der Waals surface area contributed by atoms with Crippen molar-refractivity contribution in [1.29, 1.82) is 0 Å². The van der Waals surface area contributed by atoms with Gasteiger partial charge in [-0.2, -0.15) is 0 Å². The molecule has 16 heavy (non-hydrogen) atoms. The number of hydrogen-bond acceptors (Lipinski definition) is 3. The van der Waals surface area contributed by atoms with Crippen molar-refractivity contribution in [3.63, 3.8) is 0 Å². The van der Waals surface area contributed by atoms with E-state index in [1.807, 2.05) is 24.3 Å². The fraction of sp³-hybridized carbons (Fsp3) is 0.417. The van der Waals surface area contributed by atoms with Crippen LogP contribution in [-0.2, 0) is 0 Å². The summed E-state index contributed by atoms with van der Waals surface area (Å²) in [6, 6.07) is 7.87. The molecule has 88 valence electrons. The molecule has 0 aromatic heterocycles. The predicted octanol–water partition coefficient (Wildman–Crippen LogP) is 1.68. The van der Waals surface area contributed by atoms with Crippen molar-refractivity contribution in [3.05, 3.63) is 29.8 Å². The van der Waals surface area contributed by atoms with Crippen molar-refractivity contribution in [1.82, 2.24) is 4.90 Å². The normalized spacial score (nSPS) is 10.4. The lowest BCUT2D eigenvalue weighted by Gasteiger charge is -2.13. The van der Waals surface area contributed by atoms with Gasteiger partial charge in [-0.25, -0.2) is 0 Å². The number of anilines is 1. The Morgan fingerprint density at radius 2 is 2.06 bits per heavy atom. The zero-order valence-electron chi connectivity index (χ0n) is 9.86. The molecule has 4 heteroatoms. The highest BCUT2D eigenvalue weighted by Gasteiger charge is 2.02. The maximum absolute atomic E-state index is 5.65. The second-order valence-corrected chi connectivity index (χ2v) is 4.43. The number of benzene rings is 1. The van der Waals surface area contributed by atoms with Crippen LogP contribution >= 0.6 is 12.2 Å². The number of nitrogens with zero attached hydrogens (tertiary/aromatic N) is 1. The molecule has 0 saturated heterocycles. The number of nitrogens with two attached hydrogens (primary N) is 1. The van der Waals surface area contributed by atoms with Crippen molar-refractivity contribution in [2.24, 2.45) is 5.73 Å². The first kappa shape index (κ1) is 12.9. The monoisotopic (exact) mass is 237 g/mol. The van der Waals surface area contributed by atoms with Crippen LogP contribution in [-0.4, -0.2) is 37.1 Å². The van der Waals surface area contributed by atoms with Gasteiger partial charge >= 0.3 is 0 Å². The first-order valence-electron chi connectivity index (χ1n) is 5.38. The standard InChI is InChI=1S/C12H19N3S/c1-15(2)9-5-8-14-11-7-4-3-6-10(11)12(13)16/h3-4,6-7,14H,5,8-9H2,1-2H3,(H2,13,16). The quantitative estimate of drug-likeness (QED) is 0.583. The highest BCUT2D eigenvalue weighted by Crippen LogP contribution is 2.14. The summed E-state index contributed by atoms with van der Waals surface area (Å²) in [6.45, 7) is 2.00. The predicted molar refractivity (Wildman–Crippen MR) is 74.0 cm³/mol. The molecule has 0 spiro atoms. The molecule has 1 aromatic rings. The molecule has 1 rings (SSSR count). The van der Waals surface area contributed by atoms with Crippen LogP contribution in [0.2, 0.25) is 0 Å². The van der Waals surface area contributed by atoms with E-state index in [4.69, 9.17) is 18.0 Å². The first-order chi connectivity index (χ1) is 7.61. The molecule has 0 atom stereocenters. The van der Waals surface area contributed by atoms with Gasteiger partial charge in [-0.05, 0) is 39.2 Å². The van der Waals surface area contributed by atoms with Crippen molar-refractivity contribution in [2.75, 3.05) is 32.5 Å². The van der Waals surface area contributed by atoms with Crippen LogP contribution in [0.15, 0.2) is 24.3 Å². The van der Waals surface area contributed by atoms with Crippen molar-refractivity contribution < 1.29 is 0 Å². The summed E-state index contributed by atoms with van der Waals surface area (Å²) >= 11 is 5.00. The largest absolute Gasteiger partial charge is 0.389 e. The van der Waals surface area contributed by atoms with Gasteiger partial charge in [-0.15, -0.1) is 0 Å². The summed E-state index contributed by atoms with van der Waals surface area (Å²) < 4.78 is 0. The SMILES string of the molecule is CN(C)CCCNc1ccccc1C(N)=S. The third-order valence-corrected chi connectivity index (χ3v) is 2.51. The highest BCUT2D eigenvalue weighted by molar-refractivity contribution is 7.80. The second-order valence-electron chi connectivity index (χ2n) is 3.99. The van der Waals surface area contributed by atoms with E-state index in [1.165, 1.54) is 0 Å². The molecule has 0 aliphatic rings. The molecule has 0 unspecified atom stereocenters. The van der Waals surface area contributed by atoms with Crippen molar-refractivity contribution in [2.45, 2.75) is 6.42 Å². The van der Waals surface area contributed by atoms with Crippen LogP contribution in [0.4, 0.5) is 5.69 Å². The van der Waals surface area contributed by atoms with Gasteiger partial charge in [0, 0.05) is 17.8 Å². The zero-order valence-corrected chi connectivity index (χ0v) is 10.7. The summed E-state index contributed by atoms with van der Waals surface area (Å²) in [7, 11) is 4.14. The van der Waals surface area contributed by atoms with Crippen LogP contribution in [0.3, 0.4) is 0 Å². The maximum atomic E-state index is 5.65. The average Bonchev–Trinajstić information content (AvgIpc) is 2.24. The topological polar surface area (TPSA) is 41.3 Å². The molecule has 0 fully saturated rings. The lowest BCUT2D eigenvalue weighted by atomic mass is 10.2. The van der Waals surface area contributed by atoms with Crippen molar-refractivity contribution >= 4 is 22.9 Å². The fourth-order valence-electron chi connectivity index (χ4n) is 1.47. The lowest BCUT2D eigenvalue weighted by Crippen LogP contribution is -2.18. The second kappa shape index (κ2) is 6.45. The summed E-state index contributed by atoms with van der Waals surface area (Å²) in [5.74, 6) is 0. The molecule has 0 heterocycles. The molecule has 0 aliphatic carbocycles. The van der Waals surface area contributed by atoms with Gasteiger partial charge in [-0.3, -0.25) is 0 Å². The number of rotatable bonds is 6. The Morgan fingerprint density at radius 3 is 2.69 bits per heavy atom. The van der Waals surface area contributed by atoms with Crippen LogP contribution in [0, 0.1) is 0 Å². The van der Waals surface area contributed by atoms with Gasteiger partial charge < -0.3 is 16.0 Å². The summed E-state index contributed by atoms with van der Waals surface area (Å²) in [6.07, 6.45) is 1.10. The smallest absolute Gasteiger partial charge is 0.106 e. The Hall–Kier alpha value is -1.13. The molecule has 0 bridgehead atoms. The molecule has 0 aliphatic heterocycles. The maximum Gasteiger partial charge on any atom is 0.106 e. The van der Waals surface area contributed by atoms with Gasteiger partial charge in [0.2, 0.25) is 0 Å². The van der Waals surface area contributed by atoms with Crippen LogP contribution < -0.4 is 11.1 Å². The minimum Gasteiger partial charge on any atom is -0.389 e. The number of nitrogens with one attached hydrogen (secondary N) is 1. The van der Waals surface area contributed by atoms with Gasteiger partial charge in [0.05, 0.1) is 0 Å². The Balaban J connectivity index is 2.50. The average molecular weight is 237 g/mol. The van der Waals surface area contributed by atoms with E-state index in [0.29, 0.717) is 4.99 Å². The third-order valence-electron chi connectivity index (χ3n) is 2.29. The Morgan fingerprint density at radius 1 is 1.38 bits per heavy atom. The van der Waals surface area contributed by atoms with Crippen LogP contribution in [0.1, 0.15) is 12.0 Å². The minimum absolute atomic E-state index is 0.440. The van der Waals surface area contributed by atoms with Gasteiger partial charge in [0.1, 0.15) is 4.99 Å². The molecule has 0 amide bonds. The molecule has 3 nitrogen and oxygen atoms in total. The van der Waals surface area contributed by atoms with Gasteiger partial charge in [0.25, 0.3) is 0 Å². The Kier molecular flexibility index (Phi) is 5.22. The molecular formula is C12H19N3S. The molecular weight excluding hydrogens is 218 g/mol. The minimum atomic E-state index is 0.440. The van der Waals surface area contributed by atoms with E-state index in [1.54, 1.807) is 0 Å². The zero-order chi connectivity index (χ0) is 12.0. The van der Waals surface area contributed by atoms with E-state index in [2.05, 4.69) is 24.3 Å². The molecule has 0 saturated carbocycles. The van der Waals surface area contributed by atoms with E-state index < -0.39 is 0 Å². The lowest BCUT2D eigenvalue weighted by molar-refractivity contribution is 0.405. The van der Waals surface area contributed by atoms with Gasteiger partial charge in [-0.1, -0.05) is 24.4 Å². The summed E-state index contributed by atoms with van der Waals surface area (Å²) in [5.41, 5.74) is 7.59. The number of thiocarbonyl (C=S) groups is 1. The summed E-state index contributed by atoms with van der Waals surface area (Å²) in [4.78, 5) is 2.61.